The lowest BCUT2D eigenvalue weighted by Gasteiger charge is -2.11. The predicted molar refractivity (Wildman–Crippen MR) is 104 cm³/mol. The molecule has 0 aliphatic heterocycles. The molecule has 0 aliphatic rings. The van der Waals surface area contributed by atoms with Gasteiger partial charge in [-0.2, -0.15) is 0 Å². The summed E-state index contributed by atoms with van der Waals surface area (Å²) in [6.07, 6.45) is 1.40. The second kappa shape index (κ2) is 9.40. The highest BCUT2D eigenvalue weighted by Gasteiger charge is 2.16. The van der Waals surface area contributed by atoms with Gasteiger partial charge in [-0.15, -0.1) is 0 Å². The van der Waals surface area contributed by atoms with E-state index in [9.17, 15) is 9.59 Å². The first kappa shape index (κ1) is 20.0. The fourth-order valence-corrected chi connectivity index (χ4v) is 2.76. The second-order valence-electron chi connectivity index (χ2n) is 4.89. The lowest BCUT2D eigenvalue weighted by atomic mass is 10.2. The van der Waals surface area contributed by atoms with Gasteiger partial charge in [0, 0.05) is 10.2 Å². The number of benzene rings is 2. The molecule has 2 rings (SSSR count). The summed E-state index contributed by atoms with van der Waals surface area (Å²) in [6, 6.07) is 12.0. The van der Waals surface area contributed by atoms with Crippen LogP contribution in [-0.2, 0) is 14.3 Å². The van der Waals surface area contributed by atoms with Gasteiger partial charge in [-0.05, 0) is 52.3 Å². The van der Waals surface area contributed by atoms with Crippen LogP contribution in [0.5, 0.6) is 5.75 Å². The molecule has 0 saturated carbocycles. The molecule has 0 bridgehead atoms. The summed E-state index contributed by atoms with van der Waals surface area (Å²) >= 11 is 6.68. The van der Waals surface area contributed by atoms with E-state index in [-0.39, 0.29) is 5.76 Å². The van der Waals surface area contributed by atoms with Gasteiger partial charge < -0.3 is 19.5 Å². The maximum Gasteiger partial charge on any atom is 0.375 e. The van der Waals surface area contributed by atoms with Crippen LogP contribution in [0, 0.1) is 0 Å². The fraction of sp³-hybridized carbons (Fsp3) is 0.111. The Balaban J connectivity index is 2.24. The molecule has 26 heavy (non-hydrogen) atoms. The first-order valence-corrected chi connectivity index (χ1v) is 8.89. The van der Waals surface area contributed by atoms with Gasteiger partial charge in [0.2, 0.25) is 5.76 Å². The fourth-order valence-electron chi connectivity index (χ4n) is 1.90. The van der Waals surface area contributed by atoms with E-state index in [1.807, 2.05) is 24.3 Å². The van der Waals surface area contributed by atoms with Crippen molar-refractivity contribution in [2.75, 3.05) is 19.5 Å². The molecule has 1 N–H and O–H groups in total. The van der Waals surface area contributed by atoms with E-state index in [2.05, 4.69) is 41.9 Å². The molecule has 0 heterocycles. The van der Waals surface area contributed by atoms with Gasteiger partial charge in [-0.1, -0.05) is 22.0 Å². The van der Waals surface area contributed by atoms with E-state index >= 15 is 0 Å². The summed E-state index contributed by atoms with van der Waals surface area (Å²) in [4.78, 5) is 23.5. The molecule has 0 fully saturated rings. The summed E-state index contributed by atoms with van der Waals surface area (Å²) < 4.78 is 16.4. The number of hydrogen-bond acceptors (Lipinski definition) is 6. The zero-order chi connectivity index (χ0) is 19.1. The van der Waals surface area contributed by atoms with Crippen LogP contribution in [0.15, 0.2) is 63.4 Å². The van der Waals surface area contributed by atoms with Gasteiger partial charge in [0.1, 0.15) is 5.75 Å². The van der Waals surface area contributed by atoms with Crippen molar-refractivity contribution in [3.05, 3.63) is 68.9 Å². The average molecular weight is 485 g/mol. The zero-order valence-corrected chi connectivity index (χ0v) is 17.1. The number of esters is 2. The van der Waals surface area contributed by atoms with Crippen molar-refractivity contribution in [3.8, 4) is 5.75 Å². The van der Waals surface area contributed by atoms with Crippen LogP contribution in [0.25, 0.3) is 0 Å². The number of hydrogen-bond donors (Lipinski definition) is 1. The molecule has 0 radical (unpaired) electrons. The Morgan fingerprint density at radius 2 is 1.81 bits per heavy atom. The molecule has 0 atom stereocenters. The van der Waals surface area contributed by atoms with E-state index in [0.717, 1.165) is 10.2 Å². The number of anilines is 1. The van der Waals surface area contributed by atoms with E-state index in [1.165, 1.54) is 32.6 Å². The molecule has 0 spiro atoms. The van der Waals surface area contributed by atoms with E-state index < -0.39 is 11.9 Å². The number of methoxy groups -OCH3 is 2. The molecular formula is C18H15Br2NO5. The Bertz CT molecular complexity index is 851. The molecule has 2 aromatic rings. The minimum Gasteiger partial charge on any atom is -0.465 e. The smallest absolute Gasteiger partial charge is 0.375 e. The number of halogens is 2. The highest BCUT2D eigenvalue weighted by atomic mass is 79.9. The molecular weight excluding hydrogens is 470 g/mol. The summed E-state index contributed by atoms with van der Waals surface area (Å²) in [5.41, 5.74) is 1.10. The minimum absolute atomic E-state index is 0.0565. The predicted octanol–water partition coefficient (Wildman–Crippen LogP) is 4.50. The molecule has 136 valence electrons. The van der Waals surface area contributed by atoms with Crippen LogP contribution >= 0.6 is 31.9 Å². The lowest BCUT2D eigenvalue weighted by molar-refractivity contribution is -0.138. The standard InChI is InChI=1S/C18H15Br2NO5/c1-24-17(22)11-6-7-15(14(20)8-11)26-16(18(23)25-2)10-21-13-5-3-4-12(19)9-13/h3-10,21H,1-2H3/b16-10+. The van der Waals surface area contributed by atoms with Crippen LogP contribution in [-0.4, -0.2) is 26.2 Å². The first-order chi connectivity index (χ1) is 12.4. The number of carbonyl (C=O) groups is 2. The SMILES string of the molecule is COC(=O)/C(=C\Nc1cccc(Br)c1)Oc1ccc(C(=O)OC)cc1Br. The molecule has 0 unspecified atom stereocenters. The van der Waals surface area contributed by atoms with Crippen LogP contribution in [0.1, 0.15) is 10.4 Å². The second-order valence-corrected chi connectivity index (χ2v) is 6.66. The highest BCUT2D eigenvalue weighted by molar-refractivity contribution is 9.10. The Morgan fingerprint density at radius 3 is 2.42 bits per heavy atom. The molecule has 2 aromatic carbocycles. The van der Waals surface area contributed by atoms with Crippen LogP contribution < -0.4 is 10.1 Å². The Labute approximate surface area is 167 Å². The van der Waals surface area contributed by atoms with Gasteiger partial charge in [0.05, 0.1) is 30.5 Å². The first-order valence-electron chi connectivity index (χ1n) is 7.31. The van der Waals surface area contributed by atoms with Gasteiger partial charge in [0.15, 0.2) is 0 Å². The highest BCUT2D eigenvalue weighted by Crippen LogP contribution is 2.28. The largest absolute Gasteiger partial charge is 0.465 e. The van der Waals surface area contributed by atoms with Crippen molar-refractivity contribution in [2.45, 2.75) is 0 Å². The normalized spacial score (nSPS) is 10.8. The average Bonchev–Trinajstić information content (AvgIpc) is 2.64. The van der Waals surface area contributed by atoms with E-state index in [1.54, 1.807) is 6.07 Å². The van der Waals surface area contributed by atoms with Gasteiger partial charge in [-0.25, -0.2) is 9.59 Å². The molecule has 0 amide bonds. The third kappa shape index (κ3) is 5.34. The third-order valence-corrected chi connectivity index (χ3v) is 4.27. The minimum atomic E-state index is -0.656. The molecule has 0 aliphatic carbocycles. The molecule has 8 heteroatoms. The summed E-state index contributed by atoms with van der Waals surface area (Å²) in [6.45, 7) is 0. The summed E-state index contributed by atoms with van der Waals surface area (Å²) in [7, 11) is 2.56. The van der Waals surface area contributed by atoms with Gasteiger partial charge in [0.25, 0.3) is 0 Å². The number of ether oxygens (including phenoxy) is 3. The third-order valence-electron chi connectivity index (χ3n) is 3.15. The van der Waals surface area contributed by atoms with Crippen LogP contribution in [0.4, 0.5) is 5.69 Å². The van der Waals surface area contributed by atoms with Crippen molar-refractivity contribution >= 4 is 49.5 Å². The number of nitrogens with one attached hydrogen (secondary N) is 1. The van der Waals surface area contributed by atoms with Crippen molar-refractivity contribution in [1.82, 2.24) is 0 Å². The van der Waals surface area contributed by atoms with Gasteiger partial charge in [-0.3, -0.25) is 0 Å². The maximum atomic E-state index is 12.0. The Morgan fingerprint density at radius 1 is 1.04 bits per heavy atom. The Hall–Kier alpha value is -2.32. The molecule has 6 nitrogen and oxygen atoms in total. The van der Waals surface area contributed by atoms with Crippen molar-refractivity contribution in [1.29, 1.82) is 0 Å². The van der Waals surface area contributed by atoms with Crippen molar-refractivity contribution < 1.29 is 23.8 Å². The summed E-state index contributed by atoms with van der Waals surface area (Å²) in [5.74, 6) is -0.849. The van der Waals surface area contributed by atoms with E-state index in [4.69, 9.17) is 9.47 Å². The Kier molecular flexibility index (Phi) is 7.23. The number of rotatable bonds is 6. The maximum absolute atomic E-state index is 12.0. The monoisotopic (exact) mass is 483 g/mol. The zero-order valence-electron chi connectivity index (χ0n) is 13.9. The van der Waals surface area contributed by atoms with Crippen LogP contribution in [0.3, 0.4) is 0 Å². The van der Waals surface area contributed by atoms with Crippen LogP contribution in [0.2, 0.25) is 0 Å². The number of carbonyl (C=O) groups excluding carboxylic acids is 2. The van der Waals surface area contributed by atoms with Crippen molar-refractivity contribution in [2.24, 2.45) is 0 Å². The molecule has 0 aromatic heterocycles. The molecule has 0 saturated heterocycles. The topological polar surface area (TPSA) is 73.9 Å². The lowest BCUT2D eigenvalue weighted by Crippen LogP contribution is -2.13. The summed E-state index contributed by atoms with van der Waals surface area (Å²) in [5, 5.41) is 2.97. The van der Waals surface area contributed by atoms with Gasteiger partial charge >= 0.3 is 11.9 Å². The van der Waals surface area contributed by atoms with E-state index in [0.29, 0.717) is 15.8 Å². The van der Waals surface area contributed by atoms with Crippen molar-refractivity contribution in [3.63, 3.8) is 0 Å². The quantitative estimate of drug-likeness (QED) is 0.369.